The second-order valence-corrected chi connectivity index (χ2v) is 9.97. The van der Waals surface area contributed by atoms with E-state index < -0.39 is 11.4 Å². The molecule has 2 amide bonds. The molecule has 0 atom stereocenters. The molecule has 5 aromatic rings. The van der Waals surface area contributed by atoms with Crippen LogP contribution in [0.5, 0.6) is 0 Å². The van der Waals surface area contributed by atoms with Crippen LogP contribution in [0, 0.1) is 5.82 Å². The highest BCUT2D eigenvalue weighted by molar-refractivity contribution is 7.99. The van der Waals surface area contributed by atoms with Gasteiger partial charge in [-0.05, 0) is 60.2 Å². The van der Waals surface area contributed by atoms with Crippen LogP contribution in [0.3, 0.4) is 0 Å². The van der Waals surface area contributed by atoms with Crippen LogP contribution in [-0.2, 0) is 17.9 Å². The zero-order valence-electron chi connectivity index (χ0n) is 21.5. The monoisotopic (exact) mass is 556 g/mol. The third kappa shape index (κ3) is 6.13. The third-order valence-electron chi connectivity index (χ3n) is 6.20. The van der Waals surface area contributed by atoms with Gasteiger partial charge >= 0.3 is 0 Å². The Hall–Kier alpha value is -4.70. The zero-order valence-corrected chi connectivity index (χ0v) is 22.4. The number of carbonyl (C=O) groups is 2. The van der Waals surface area contributed by atoms with Gasteiger partial charge in [-0.25, -0.2) is 9.37 Å². The molecule has 8 nitrogen and oxygen atoms in total. The van der Waals surface area contributed by atoms with Crippen molar-refractivity contribution < 1.29 is 18.4 Å². The molecule has 3 aromatic carbocycles. The van der Waals surface area contributed by atoms with Gasteiger partial charge in [0.1, 0.15) is 11.6 Å². The Morgan fingerprint density at radius 3 is 2.52 bits per heavy atom. The van der Waals surface area contributed by atoms with Gasteiger partial charge in [-0.1, -0.05) is 42.1 Å². The van der Waals surface area contributed by atoms with Crippen molar-refractivity contribution in [1.29, 1.82) is 0 Å². The highest BCUT2D eigenvalue weighted by Crippen LogP contribution is 2.23. The van der Waals surface area contributed by atoms with Gasteiger partial charge in [-0.15, -0.1) is 0 Å². The molecule has 2 heterocycles. The van der Waals surface area contributed by atoms with E-state index in [2.05, 4.69) is 10.3 Å². The van der Waals surface area contributed by atoms with Crippen molar-refractivity contribution >= 4 is 34.5 Å². The number of aromatic nitrogens is 2. The first kappa shape index (κ1) is 26.9. The molecule has 0 fully saturated rings. The standard InChI is InChI=1S/C30H25FN4O4S/c1-34(18-20-6-3-2-4-7-20)27(36)19-40-30-33-26-16-21(28(37)32-17-24-8-5-15-39-24)9-14-25(26)29(38)35(30)23-12-10-22(31)11-13-23/h2-16H,17-19H2,1H3,(H,32,37). The molecular formula is C30H25FN4O4S. The Morgan fingerprint density at radius 2 is 1.80 bits per heavy atom. The molecule has 10 heteroatoms. The summed E-state index contributed by atoms with van der Waals surface area (Å²) in [5.74, 6) is -0.321. The molecule has 1 N–H and O–H groups in total. The fourth-order valence-corrected chi connectivity index (χ4v) is 5.04. The van der Waals surface area contributed by atoms with E-state index in [9.17, 15) is 18.8 Å². The van der Waals surface area contributed by atoms with Crippen molar-refractivity contribution in [2.75, 3.05) is 12.8 Å². The molecular weight excluding hydrogens is 531 g/mol. The predicted molar refractivity (Wildman–Crippen MR) is 151 cm³/mol. The molecule has 0 saturated carbocycles. The summed E-state index contributed by atoms with van der Waals surface area (Å²) in [5, 5.41) is 3.31. The molecule has 0 spiro atoms. The lowest BCUT2D eigenvalue weighted by Gasteiger charge is -2.18. The zero-order chi connectivity index (χ0) is 28.1. The lowest BCUT2D eigenvalue weighted by molar-refractivity contribution is -0.127. The number of amides is 2. The van der Waals surface area contributed by atoms with E-state index in [1.807, 2.05) is 30.3 Å². The van der Waals surface area contributed by atoms with Gasteiger partial charge in [0.2, 0.25) is 5.91 Å². The number of rotatable bonds is 9. The first-order chi connectivity index (χ1) is 19.4. The van der Waals surface area contributed by atoms with Crippen LogP contribution in [0.2, 0.25) is 0 Å². The van der Waals surface area contributed by atoms with Crippen molar-refractivity contribution in [1.82, 2.24) is 19.8 Å². The van der Waals surface area contributed by atoms with Crippen molar-refractivity contribution in [3.05, 3.63) is 124 Å². The second kappa shape index (κ2) is 12.0. The summed E-state index contributed by atoms with van der Waals surface area (Å²) >= 11 is 1.10. The van der Waals surface area contributed by atoms with E-state index in [1.54, 1.807) is 36.2 Å². The maximum atomic E-state index is 13.6. The van der Waals surface area contributed by atoms with Crippen molar-refractivity contribution in [2.45, 2.75) is 18.2 Å². The van der Waals surface area contributed by atoms with E-state index in [4.69, 9.17) is 4.42 Å². The van der Waals surface area contributed by atoms with Gasteiger partial charge in [0.05, 0.1) is 35.2 Å². The summed E-state index contributed by atoms with van der Waals surface area (Å²) in [6, 6.07) is 23.2. The smallest absolute Gasteiger partial charge is 0.266 e. The van der Waals surface area contributed by atoms with Gasteiger partial charge in [-0.2, -0.15) is 0 Å². The van der Waals surface area contributed by atoms with Crippen molar-refractivity contribution in [3.63, 3.8) is 0 Å². The molecule has 5 rings (SSSR count). The molecule has 0 aliphatic heterocycles. The second-order valence-electron chi connectivity index (χ2n) is 9.03. The minimum Gasteiger partial charge on any atom is -0.467 e. The summed E-state index contributed by atoms with van der Waals surface area (Å²) in [5.41, 5.74) is 1.63. The summed E-state index contributed by atoms with van der Waals surface area (Å²) in [6.07, 6.45) is 1.52. The van der Waals surface area contributed by atoms with Crippen LogP contribution in [0.1, 0.15) is 21.7 Å². The number of carbonyl (C=O) groups excluding carboxylic acids is 2. The molecule has 0 saturated heterocycles. The van der Waals surface area contributed by atoms with Crippen LogP contribution in [0.4, 0.5) is 4.39 Å². The van der Waals surface area contributed by atoms with Crippen LogP contribution in [-0.4, -0.2) is 39.1 Å². The Balaban J connectivity index is 1.44. The number of benzene rings is 3. The van der Waals surface area contributed by atoms with E-state index in [0.29, 0.717) is 29.1 Å². The average Bonchev–Trinajstić information content (AvgIpc) is 3.49. The summed E-state index contributed by atoms with van der Waals surface area (Å²) in [4.78, 5) is 45.6. The highest BCUT2D eigenvalue weighted by Gasteiger charge is 2.18. The van der Waals surface area contributed by atoms with Gasteiger partial charge in [0, 0.05) is 19.2 Å². The summed E-state index contributed by atoms with van der Waals surface area (Å²) in [6.45, 7) is 0.649. The van der Waals surface area contributed by atoms with Gasteiger partial charge in [-0.3, -0.25) is 19.0 Å². The van der Waals surface area contributed by atoms with Crippen molar-refractivity contribution in [3.8, 4) is 5.69 Å². The topological polar surface area (TPSA) is 97.4 Å². The molecule has 0 bridgehead atoms. The van der Waals surface area contributed by atoms with Gasteiger partial charge in [0.15, 0.2) is 5.16 Å². The minimum atomic E-state index is -0.442. The Kier molecular flexibility index (Phi) is 8.07. The number of nitrogens with zero attached hydrogens (tertiary/aromatic N) is 3. The third-order valence-corrected chi connectivity index (χ3v) is 7.13. The van der Waals surface area contributed by atoms with E-state index >= 15 is 0 Å². The van der Waals surface area contributed by atoms with Gasteiger partial charge < -0.3 is 14.6 Å². The average molecular weight is 557 g/mol. The predicted octanol–water partition coefficient (Wildman–Crippen LogP) is 4.80. The number of hydrogen-bond acceptors (Lipinski definition) is 6. The first-order valence-corrected chi connectivity index (χ1v) is 13.4. The SMILES string of the molecule is CN(Cc1ccccc1)C(=O)CSc1nc2cc(C(=O)NCc3ccco3)ccc2c(=O)n1-c1ccc(F)cc1. The number of fused-ring (bicyclic) bond motifs is 1. The Bertz CT molecular complexity index is 1700. The number of furan rings is 1. The normalized spacial score (nSPS) is 10.9. The summed E-state index contributed by atoms with van der Waals surface area (Å²) < 4.78 is 20.3. The molecule has 202 valence electrons. The number of nitrogens with one attached hydrogen (secondary N) is 1. The molecule has 2 aromatic heterocycles. The van der Waals surface area contributed by atoms with E-state index in [0.717, 1.165) is 17.3 Å². The fraction of sp³-hybridized carbons (Fsp3) is 0.133. The van der Waals surface area contributed by atoms with Crippen LogP contribution in [0.15, 0.2) is 106 Å². The lowest BCUT2D eigenvalue weighted by atomic mass is 10.1. The van der Waals surface area contributed by atoms with Crippen LogP contribution in [0.25, 0.3) is 16.6 Å². The number of halogens is 1. The molecule has 0 unspecified atom stereocenters. The van der Waals surface area contributed by atoms with Crippen LogP contribution < -0.4 is 10.9 Å². The maximum Gasteiger partial charge on any atom is 0.266 e. The maximum absolute atomic E-state index is 13.6. The van der Waals surface area contributed by atoms with Crippen molar-refractivity contribution in [2.24, 2.45) is 0 Å². The fourth-order valence-electron chi connectivity index (χ4n) is 4.09. The largest absolute Gasteiger partial charge is 0.467 e. The number of hydrogen-bond donors (Lipinski definition) is 1. The van der Waals surface area contributed by atoms with E-state index in [-0.39, 0.29) is 34.7 Å². The molecule has 0 aliphatic carbocycles. The molecule has 0 radical (unpaired) electrons. The quantitative estimate of drug-likeness (QED) is 0.207. The van der Waals surface area contributed by atoms with Crippen LogP contribution >= 0.6 is 11.8 Å². The Morgan fingerprint density at radius 1 is 1.02 bits per heavy atom. The molecule has 0 aliphatic rings. The van der Waals surface area contributed by atoms with E-state index in [1.165, 1.54) is 41.2 Å². The minimum absolute atomic E-state index is 0.0196. The van der Waals surface area contributed by atoms with Gasteiger partial charge in [0.25, 0.3) is 11.5 Å². The highest BCUT2D eigenvalue weighted by atomic mass is 32.2. The lowest BCUT2D eigenvalue weighted by Crippen LogP contribution is -2.28. The molecule has 40 heavy (non-hydrogen) atoms. The summed E-state index contributed by atoms with van der Waals surface area (Å²) in [7, 11) is 1.71. The Labute approximate surface area is 233 Å². The first-order valence-electron chi connectivity index (χ1n) is 12.4. The number of thioether (sulfide) groups is 1.